The first-order valence-corrected chi connectivity index (χ1v) is 7.23. The summed E-state index contributed by atoms with van der Waals surface area (Å²) >= 11 is 1.97. The number of anilines is 1. The zero-order chi connectivity index (χ0) is 12.8. The summed E-state index contributed by atoms with van der Waals surface area (Å²) in [5.74, 6) is 2.28. The summed E-state index contributed by atoms with van der Waals surface area (Å²) in [5, 5.41) is 0.574. The Bertz CT molecular complexity index is 469. The molecule has 0 aliphatic carbocycles. The lowest BCUT2D eigenvalue weighted by molar-refractivity contribution is -0.0932. The van der Waals surface area contributed by atoms with Crippen LogP contribution in [0.2, 0.25) is 0 Å². The second-order valence-corrected chi connectivity index (χ2v) is 6.16. The van der Waals surface area contributed by atoms with Gasteiger partial charge in [0.15, 0.2) is 0 Å². The van der Waals surface area contributed by atoms with Gasteiger partial charge >= 0.3 is 0 Å². The van der Waals surface area contributed by atoms with Crippen LogP contribution in [0, 0.1) is 6.92 Å². The van der Waals surface area contributed by atoms with E-state index in [-0.39, 0.29) is 5.72 Å². The zero-order valence-electron chi connectivity index (χ0n) is 10.7. The second-order valence-electron chi connectivity index (χ2n) is 5.00. The van der Waals surface area contributed by atoms with Gasteiger partial charge in [0, 0.05) is 24.2 Å². The van der Waals surface area contributed by atoms with Crippen LogP contribution in [0.1, 0.15) is 24.7 Å². The van der Waals surface area contributed by atoms with Gasteiger partial charge in [-0.3, -0.25) is 4.90 Å². The molecule has 2 fully saturated rings. The third-order valence-corrected chi connectivity index (χ3v) is 5.35. The van der Waals surface area contributed by atoms with Crippen LogP contribution in [0.15, 0.2) is 6.20 Å². The average molecular weight is 266 g/mol. The molecule has 1 aromatic rings. The Morgan fingerprint density at radius 3 is 3.28 bits per heavy atom. The third-order valence-electron chi connectivity index (χ3n) is 3.81. The Morgan fingerprint density at radius 2 is 2.50 bits per heavy atom. The molecule has 3 rings (SSSR count). The van der Waals surface area contributed by atoms with E-state index in [1.54, 1.807) is 0 Å². The van der Waals surface area contributed by atoms with Crippen molar-refractivity contribution in [2.45, 2.75) is 37.8 Å². The lowest BCUT2D eigenvalue weighted by atomic mass is 10.1. The van der Waals surface area contributed by atoms with Crippen molar-refractivity contribution in [3.05, 3.63) is 17.6 Å². The second kappa shape index (κ2) is 4.36. The first-order valence-electron chi connectivity index (χ1n) is 6.18. The molecule has 2 aliphatic rings. The van der Waals surface area contributed by atoms with Crippen LogP contribution in [0.4, 0.5) is 5.82 Å². The van der Waals surface area contributed by atoms with Crippen LogP contribution >= 0.6 is 11.8 Å². The molecule has 1 aromatic heterocycles. The maximum absolute atomic E-state index is 5.95. The van der Waals surface area contributed by atoms with Crippen molar-refractivity contribution in [3.63, 3.8) is 0 Å². The molecule has 2 N–H and O–H groups in total. The lowest BCUT2D eigenvalue weighted by Crippen LogP contribution is -2.45. The van der Waals surface area contributed by atoms with E-state index in [1.807, 2.05) is 24.9 Å². The summed E-state index contributed by atoms with van der Waals surface area (Å²) in [7, 11) is 0. The molecule has 6 heteroatoms. The summed E-state index contributed by atoms with van der Waals surface area (Å²) in [6.45, 7) is 5.63. The number of nitrogen functional groups attached to an aromatic ring is 1. The molecule has 0 radical (unpaired) electrons. The lowest BCUT2D eigenvalue weighted by Gasteiger charge is -2.33. The Balaban J connectivity index is 1.80. The van der Waals surface area contributed by atoms with Crippen molar-refractivity contribution in [1.82, 2.24) is 14.9 Å². The summed E-state index contributed by atoms with van der Waals surface area (Å²) < 4.78 is 5.94. The number of hydrogen-bond acceptors (Lipinski definition) is 6. The van der Waals surface area contributed by atoms with E-state index in [1.165, 1.54) is 0 Å². The molecule has 18 heavy (non-hydrogen) atoms. The van der Waals surface area contributed by atoms with Crippen LogP contribution in [0.5, 0.6) is 0 Å². The van der Waals surface area contributed by atoms with Crippen molar-refractivity contribution in [2.24, 2.45) is 0 Å². The number of rotatable bonds is 2. The van der Waals surface area contributed by atoms with Crippen molar-refractivity contribution in [1.29, 1.82) is 0 Å². The highest BCUT2D eigenvalue weighted by molar-refractivity contribution is 8.00. The average Bonchev–Trinajstić information content (AvgIpc) is 2.81. The summed E-state index contributed by atoms with van der Waals surface area (Å²) in [5.41, 5.74) is 6.79. The highest BCUT2D eigenvalue weighted by Crippen LogP contribution is 2.45. The summed E-state index contributed by atoms with van der Waals surface area (Å²) in [4.78, 5) is 10.8. The molecule has 5 nitrogen and oxygen atoms in total. The number of aromatic nitrogens is 2. The molecule has 0 bridgehead atoms. The highest BCUT2D eigenvalue weighted by Gasteiger charge is 2.50. The zero-order valence-corrected chi connectivity index (χ0v) is 11.5. The monoisotopic (exact) mass is 266 g/mol. The Hall–Kier alpha value is -0.850. The standard InChI is InChI=1S/C12H18N4OS/c1-8-14-5-9(11(13)15-8)6-16-7-18-10-3-4-17-12(10,16)2/h5,10H,3-4,6-7H2,1-2H3,(H2,13,14,15)/t10-,12+/m0/s1. The van der Waals surface area contributed by atoms with Gasteiger partial charge in [-0.25, -0.2) is 9.97 Å². The summed E-state index contributed by atoms with van der Waals surface area (Å²) in [6.07, 6.45) is 2.96. The van der Waals surface area contributed by atoms with E-state index >= 15 is 0 Å². The number of thioether (sulfide) groups is 1. The molecule has 0 aromatic carbocycles. The minimum atomic E-state index is -0.151. The molecule has 2 saturated heterocycles. The highest BCUT2D eigenvalue weighted by atomic mass is 32.2. The minimum absolute atomic E-state index is 0.151. The normalized spacial score (nSPS) is 31.8. The smallest absolute Gasteiger partial charge is 0.131 e. The van der Waals surface area contributed by atoms with Crippen LogP contribution in [0.25, 0.3) is 0 Å². The van der Waals surface area contributed by atoms with E-state index in [4.69, 9.17) is 10.5 Å². The van der Waals surface area contributed by atoms with E-state index in [9.17, 15) is 0 Å². The molecular weight excluding hydrogens is 248 g/mol. The van der Waals surface area contributed by atoms with Gasteiger partial charge in [-0.2, -0.15) is 0 Å². The molecular formula is C12H18N4OS. The van der Waals surface area contributed by atoms with Crippen molar-refractivity contribution in [2.75, 3.05) is 18.2 Å². The number of nitrogens with zero attached hydrogens (tertiary/aromatic N) is 3. The Labute approximate surface area is 111 Å². The van der Waals surface area contributed by atoms with Crippen molar-refractivity contribution in [3.8, 4) is 0 Å². The maximum Gasteiger partial charge on any atom is 0.131 e. The minimum Gasteiger partial charge on any atom is -0.383 e. The van der Waals surface area contributed by atoms with E-state index in [0.29, 0.717) is 16.9 Å². The molecule has 3 heterocycles. The molecule has 98 valence electrons. The Kier molecular flexibility index (Phi) is 2.96. The third kappa shape index (κ3) is 1.88. The van der Waals surface area contributed by atoms with E-state index < -0.39 is 0 Å². The summed E-state index contributed by atoms with van der Waals surface area (Å²) in [6, 6.07) is 0. The number of nitrogens with two attached hydrogens (primary N) is 1. The fraction of sp³-hybridized carbons (Fsp3) is 0.667. The van der Waals surface area contributed by atoms with Crippen molar-refractivity contribution < 1.29 is 4.74 Å². The predicted octanol–water partition coefficient (Wildman–Crippen LogP) is 1.38. The molecule has 0 amide bonds. The van der Waals surface area contributed by atoms with E-state index in [0.717, 1.165) is 31.0 Å². The fourth-order valence-electron chi connectivity index (χ4n) is 2.62. The van der Waals surface area contributed by atoms with Gasteiger partial charge in [-0.05, 0) is 20.3 Å². The van der Waals surface area contributed by atoms with Crippen LogP contribution in [-0.2, 0) is 11.3 Å². The molecule has 0 saturated carbocycles. The van der Waals surface area contributed by atoms with Gasteiger partial charge in [0.2, 0.25) is 0 Å². The van der Waals surface area contributed by atoms with Gasteiger partial charge in [-0.15, -0.1) is 11.8 Å². The van der Waals surface area contributed by atoms with E-state index in [2.05, 4.69) is 21.8 Å². The largest absolute Gasteiger partial charge is 0.383 e. The number of aryl methyl sites for hydroxylation is 1. The predicted molar refractivity (Wildman–Crippen MR) is 71.9 cm³/mol. The molecule has 2 atom stereocenters. The first-order chi connectivity index (χ1) is 8.59. The van der Waals surface area contributed by atoms with Crippen LogP contribution < -0.4 is 5.73 Å². The topological polar surface area (TPSA) is 64.3 Å². The fourth-order valence-corrected chi connectivity index (χ4v) is 4.11. The molecule has 2 aliphatic heterocycles. The quantitative estimate of drug-likeness (QED) is 0.872. The number of fused-ring (bicyclic) bond motifs is 1. The van der Waals surface area contributed by atoms with Gasteiger partial charge in [0.1, 0.15) is 17.4 Å². The number of ether oxygens (including phenoxy) is 1. The Morgan fingerprint density at radius 1 is 1.67 bits per heavy atom. The molecule has 0 unspecified atom stereocenters. The van der Waals surface area contributed by atoms with Crippen molar-refractivity contribution >= 4 is 17.6 Å². The van der Waals surface area contributed by atoms with Gasteiger partial charge in [0.05, 0.1) is 11.9 Å². The maximum atomic E-state index is 5.95. The van der Waals surface area contributed by atoms with Gasteiger partial charge < -0.3 is 10.5 Å². The SMILES string of the molecule is Cc1ncc(CN2CS[C@H]3CCO[C@]32C)c(N)n1. The molecule has 0 spiro atoms. The van der Waals surface area contributed by atoms with Gasteiger partial charge in [0.25, 0.3) is 0 Å². The van der Waals surface area contributed by atoms with Gasteiger partial charge in [-0.1, -0.05) is 0 Å². The number of hydrogen-bond donors (Lipinski definition) is 1. The first kappa shape index (κ1) is 12.2. The van der Waals surface area contributed by atoms with Crippen LogP contribution in [-0.4, -0.2) is 38.3 Å². The van der Waals surface area contributed by atoms with Crippen LogP contribution in [0.3, 0.4) is 0 Å².